The van der Waals surface area contributed by atoms with Crippen LogP contribution in [0.25, 0.3) is 6.08 Å². The molecule has 1 saturated carbocycles. The van der Waals surface area contributed by atoms with Crippen LogP contribution in [-0.2, 0) is 10.3 Å². The number of piperidine rings is 1. The van der Waals surface area contributed by atoms with Gasteiger partial charge in [0.05, 0.1) is 11.7 Å². The highest BCUT2D eigenvalue weighted by molar-refractivity contribution is 5.54. The molecule has 1 aromatic carbocycles. The fraction of sp³-hybridized carbons (Fsp3) is 0.667. The predicted molar refractivity (Wildman–Crippen MR) is 113 cm³/mol. The van der Waals surface area contributed by atoms with E-state index in [1.807, 2.05) is 0 Å². The molecule has 2 atom stereocenters. The third-order valence-corrected chi connectivity index (χ3v) is 6.47. The number of rotatable bonds is 6. The van der Waals surface area contributed by atoms with Crippen LogP contribution >= 0.6 is 0 Å². The summed E-state index contributed by atoms with van der Waals surface area (Å²) in [6.45, 7) is 5.91. The van der Waals surface area contributed by atoms with E-state index < -0.39 is 5.60 Å². The lowest BCUT2D eigenvalue weighted by molar-refractivity contribution is 0.0137. The standard InChI is InChI=1S/C24H37NO2/c1-3-4-16-25-17-12-21(13-18-25)19-20-7-9-22(10-8-20)24(26)14-5-6-23(27-2)11-15-24/h7-10,19,23,26H,3-6,11-18H2,1-2H3. The summed E-state index contributed by atoms with van der Waals surface area (Å²) >= 11 is 0. The average molecular weight is 372 g/mol. The lowest BCUT2D eigenvalue weighted by Crippen LogP contribution is -2.31. The van der Waals surface area contributed by atoms with Gasteiger partial charge in [-0.2, -0.15) is 0 Å². The van der Waals surface area contributed by atoms with E-state index in [1.54, 1.807) is 12.7 Å². The van der Waals surface area contributed by atoms with Crippen LogP contribution in [0.2, 0.25) is 0 Å². The van der Waals surface area contributed by atoms with Crippen LogP contribution < -0.4 is 0 Å². The number of benzene rings is 1. The second-order valence-corrected chi connectivity index (χ2v) is 8.44. The van der Waals surface area contributed by atoms with Gasteiger partial charge < -0.3 is 14.7 Å². The molecule has 1 heterocycles. The molecule has 1 aromatic rings. The van der Waals surface area contributed by atoms with Crippen molar-refractivity contribution in [2.45, 2.75) is 76.4 Å². The largest absolute Gasteiger partial charge is 0.385 e. The molecule has 0 amide bonds. The first-order valence-electron chi connectivity index (χ1n) is 10.9. The van der Waals surface area contributed by atoms with Gasteiger partial charge in [0.15, 0.2) is 0 Å². The molecule has 2 fully saturated rings. The zero-order chi connectivity index (χ0) is 19.1. The van der Waals surface area contributed by atoms with Crippen molar-refractivity contribution < 1.29 is 9.84 Å². The van der Waals surface area contributed by atoms with E-state index in [9.17, 15) is 5.11 Å². The Morgan fingerprint density at radius 2 is 1.89 bits per heavy atom. The van der Waals surface area contributed by atoms with E-state index in [-0.39, 0.29) is 0 Å². The maximum Gasteiger partial charge on any atom is 0.0897 e. The highest BCUT2D eigenvalue weighted by Crippen LogP contribution is 2.36. The maximum atomic E-state index is 11.2. The Morgan fingerprint density at radius 1 is 1.15 bits per heavy atom. The summed E-state index contributed by atoms with van der Waals surface area (Å²) in [6.07, 6.45) is 12.3. The summed E-state index contributed by atoms with van der Waals surface area (Å²) in [5.41, 5.74) is 3.20. The van der Waals surface area contributed by atoms with Crippen LogP contribution in [0.4, 0.5) is 0 Å². The number of unbranched alkanes of at least 4 members (excludes halogenated alkanes) is 1. The minimum atomic E-state index is -0.691. The first-order chi connectivity index (χ1) is 13.1. The van der Waals surface area contributed by atoms with Gasteiger partial charge in [0, 0.05) is 20.2 Å². The smallest absolute Gasteiger partial charge is 0.0897 e. The van der Waals surface area contributed by atoms with Crippen LogP contribution in [0.3, 0.4) is 0 Å². The van der Waals surface area contributed by atoms with E-state index in [0.717, 1.165) is 37.7 Å². The first-order valence-corrected chi connectivity index (χ1v) is 10.9. The quantitative estimate of drug-likeness (QED) is 0.704. The van der Waals surface area contributed by atoms with Gasteiger partial charge >= 0.3 is 0 Å². The van der Waals surface area contributed by atoms with Crippen molar-refractivity contribution in [3.05, 3.63) is 41.0 Å². The number of likely N-dealkylation sites (tertiary alicyclic amines) is 1. The summed E-state index contributed by atoms with van der Waals surface area (Å²) in [5.74, 6) is 0. The van der Waals surface area contributed by atoms with Crippen molar-refractivity contribution in [2.75, 3.05) is 26.7 Å². The van der Waals surface area contributed by atoms with Crippen LogP contribution in [-0.4, -0.2) is 42.9 Å². The highest BCUT2D eigenvalue weighted by Gasteiger charge is 2.32. The molecule has 3 rings (SSSR count). The van der Waals surface area contributed by atoms with Crippen molar-refractivity contribution in [3.63, 3.8) is 0 Å². The predicted octanol–water partition coefficient (Wildman–Crippen LogP) is 5.13. The molecule has 0 aromatic heterocycles. The molecule has 1 aliphatic carbocycles. The number of aliphatic hydroxyl groups is 1. The fourth-order valence-corrected chi connectivity index (χ4v) is 4.53. The Hall–Kier alpha value is -1.16. The van der Waals surface area contributed by atoms with Crippen molar-refractivity contribution in [3.8, 4) is 0 Å². The third kappa shape index (κ3) is 5.66. The van der Waals surface area contributed by atoms with Crippen LogP contribution in [0.5, 0.6) is 0 Å². The Morgan fingerprint density at radius 3 is 2.56 bits per heavy atom. The lowest BCUT2D eigenvalue weighted by Gasteiger charge is -2.28. The Kier molecular flexibility index (Phi) is 7.51. The zero-order valence-electron chi connectivity index (χ0n) is 17.3. The Bertz CT molecular complexity index is 599. The lowest BCUT2D eigenvalue weighted by atomic mass is 9.86. The van der Waals surface area contributed by atoms with Crippen molar-refractivity contribution >= 4 is 6.08 Å². The number of nitrogens with zero attached hydrogens (tertiary/aromatic N) is 1. The molecule has 1 N–H and O–H groups in total. The van der Waals surface area contributed by atoms with E-state index in [2.05, 4.69) is 42.2 Å². The normalized spacial score (nSPS) is 27.4. The van der Waals surface area contributed by atoms with Gasteiger partial charge in [0.25, 0.3) is 0 Å². The SMILES string of the molecule is CCCCN1CCC(=Cc2ccc(C3(O)CCCC(OC)CC3)cc2)CC1. The van der Waals surface area contributed by atoms with Gasteiger partial charge in [-0.1, -0.05) is 49.3 Å². The topological polar surface area (TPSA) is 32.7 Å². The third-order valence-electron chi connectivity index (χ3n) is 6.47. The van der Waals surface area contributed by atoms with E-state index in [1.165, 1.54) is 50.9 Å². The number of methoxy groups -OCH3 is 1. The Balaban J connectivity index is 1.59. The zero-order valence-corrected chi connectivity index (χ0v) is 17.3. The molecule has 2 aliphatic rings. The van der Waals surface area contributed by atoms with Gasteiger partial charge in [0.1, 0.15) is 0 Å². The molecule has 2 unspecified atom stereocenters. The highest BCUT2D eigenvalue weighted by atomic mass is 16.5. The second-order valence-electron chi connectivity index (χ2n) is 8.44. The monoisotopic (exact) mass is 371 g/mol. The molecule has 0 radical (unpaired) electrons. The molecule has 3 nitrogen and oxygen atoms in total. The Labute approximate surface area is 165 Å². The molecule has 1 aliphatic heterocycles. The molecule has 0 bridgehead atoms. The minimum Gasteiger partial charge on any atom is -0.385 e. The minimum absolute atomic E-state index is 0.297. The number of hydrogen-bond donors (Lipinski definition) is 1. The van der Waals surface area contributed by atoms with Gasteiger partial charge in [0.2, 0.25) is 0 Å². The van der Waals surface area contributed by atoms with Crippen molar-refractivity contribution in [1.82, 2.24) is 4.90 Å². The van der Waals surface area contributed by atoms with E-state index in [4.69, 9.17) is 4.74 Å². The molecular formula is C24H37NO2. The molecule has 27 heavy (non-hydrogen) atoms. The van der Waals surface area contributed by atoms with Crippen LogP contribution in [0.1, 0.15) is 75.8 Å². The molecule has 0 spiro atoms. The summed E-state index contributed by atoms with van der Waals surface area (Å²) in [5, 5.41) is 11.2. The molecular weight excluding hydrogens is 334 g/mol. The second kappa shape index (κ2) is 9.86. The number of ether oxygens (including phenoxy) is 1. The van der Waals surface area contributed by atoms with Gasteiger partial charge in [-0.3, -0.25) is 0 Å². The van der Waals surface area contributed by atoms with E-state index in [0.29, 0.717) is 6.10 Å². The summed E-state index contributed by atoms with van der Waals surface area (Å²) in [6, 6.07) is 8.64. The van der Waals surface area contributed by atoms with Gasteiger partial charge in [-0.05, 0) is 69.0 Å². The first kappa shape index (κ1) is 20.6. The van der Waals surface area contributed by atoms with E-state index >= 15 is 0 Å². The van der Waals surface area contributed by atoms with Crippen molar-refractivity contribution in [2.24, 2.45) is 0 Å². The summed E-state index contributed by atoms with van der Waals surface area (Å²) < 4.78 is 5.51. The average Bonchev–Trinajstić information content (AvgIpc) is 2.90. The van der Waals surface area contributed by atoms with Crippen LogP contribution in [0.15, 0.2) is 29.8 Å². The molecule has 150 valence electrons. The fourth-order valence-electron chi connectivity index (χ4n) is 4.53. The maximum absolute atomic E-state index is 11.2. The van der Waals surface area contributed by atoms with Crippen LogP contribution in [0, 0.1) is 0 Å². The number of hydrogen-bond acceptors (Lipinski definition) is 3. The molecule has 3 heteroatoms. The summed E-state index contributed by atoms with van der Waals surface area (Å²) in [4.78, 5) is 2.60. The van der Waals surface area contributed by atoms with Gasteiger partial charge in [-0.15, -0.1) is 0 Å². The van der Waals surface area contributed by atoms with Gasteiger partial charge in [-0.25, -0.2) is 0 Å². The van der Waals surface area contributed by atoms with Crippen molar-refractivity contribution in [1.29, 1.82) is 0 Å². The molecule has 1 saturated heterocycles. The summed E-state index contributed by atoms with van der Waals surface area (Å²) in [7, 11) is 1.78.